The Labute approximate surface area is 124 Å². The van der Waals surface area contributed by atoms with Gasteiger partial charge in [0.25, 0.3) is 0 Å². The van der Waals surface area contributed by atoms with Crippen LogP contribution in [0.5, 0.6) is 0 Å². The van der Waals surface area contributed by atoms with E-state index in [-0.39, 0.29) is 5.52 Å². The number of H-pyrrole nitrogens is 1. The van der Waals surface area contributed by atoms with Gasteiger partial charge in [0.1, 0.15) is 17.0 Å². The Kier molecular flexibility index (Phi) is 3.11. The monoisotopic (exact) mass is 304 g/mol. The summed E-state index contributed by atoms with van der Waals surface area (Å²) in [7, 11) is 0. The number of nitrogens with zero attached hydrogens (tertiary/aromatic N) is 4. The predicted molar refractivity (Wildman–Crippen MR) is 76.2 cm³/mol. The fraction of sp³-hybridized carbons (Fsp3) is 0.357. The quantitative estimate of drug-likeness (QED) is 0.760. The molecule has 3 aromatic rings. The number of nitrogens with one attached hydrogen (secondary N) is 2. The third-order valence-electron chi connectivity index (χ3n) is 3.94. The maximum Gasteiger partial charge on any atom is 0.160 e. The molecule has 22 heavy (non-hydrogen) atoms. The van der Waals surface area contributed by atoms with Crippen LogP contribution in [0.3, 0.4) is 0 Å². The molecule has 2 N–H and O–H groups in total. The van der Waals surface area contributed by atoms with E-state index in [1.165, 1.54) is 6.07 Å². The van der Waals surface area contributed by atoms with Crippen molar-refractivity contribution in [1.82, 2.24) is 30.3 Å². The highest BCUT2D eigenvalue weighted by atomic mass is 19.1. The lowest BCUT2D eigenvalue weighted by molar-refractivity contribution is 0.337. The molecule has 2 aromatic heterocycles. The van der Waals surface area contributed by atoms with E-state index in [0.29, 0.717) is 23.1 Å². The molecule has 4 rings (SSSR count). The Bertz CT molecular complexity index is 818. The second kappa shape index (κ2) is 5.13. The molecule has 1 aliphatic heterocycles. The minimum absolute atomic E-state index is 0.104. The molecule has 1 saturated heterocycles. The predicted octanol–water partition coefficient (Wildman–Crippen LogP) is 2.02. The molecule has 114 valence electrons. The Morgan fingerprint density at radius 2 is 2.00 bits per heavy atom. The fourth-order valence-corrected chi connectivity index (χ4v) is 2.80. The first-order valence-corrected chi connectivity index (χ1v) is 7.18. The number of halogens is 2. The second-order valence-electron chi connectivity index (χ2n) is 5.43. The summed E-state index contributed by atoms with van der Waals surface area (Å²) >= 11 is 0. The topological polar surface area (TPSA) is 71.4 Å². The Balaban J connectivity index is 1.70. The van der Waals surface area contributed by atoms with Gasteiger partial charge >= 0.3 is 0 Å². The van der Waals surface area contributed by atoms with Crippen LogP contribution in [0.25, 0.3) is 22.6 Å². The molecule has 3 heterocycles. The maximum absolute atomic E-state index is 13.7. The van der Waals surface area contributed by atoms with Gasteiger partial charge in [0.15, 0.2) is 11.6 Å². The summed E-state index contributed by atoms with van der Waals surface area (Å²) in [4.78, 5) is 7.05. The van der Waals surface area contributed by atoms with Gasteiger partial charge in [0, 0.05) is 6.07 Å². The zero-order chi connectivity index (χ0) is 15.1. The molecule has 1 aromatic carbocycles. The van der Waals surface area contributed by atoms with E-state index >= 15 is 0 Å². The standard InChI is InChI=1S/C14H14F2N6/c15-8-5-10(16)13-11(6-8)18-14(19-13)12-7-22(21-20-12)9-1-3-17-4-2-9/h5-7,9,17H,1-4H2,(H,18,19). The first kappa shape index (κ1) is 13.3. The van der Waals surface area contributed by atoms with Crippen LogP contribution in [-0.4, -0.2) is 38.1 Å². The lowest BCUT2D eigenvalue weighted by Crippen LogP contribution is -2.29. The van der Waals surface area contributed by atoms with E-state index in [4.69, 9.17) is 0 Å². The summed E-state index contributed by atoms with van der Waals surface area (Å²) < 4.78 is 28.8. The minimum Gasteiger partial charge on any atom is -0.336 e. The number of hydrogen-bond donors (Lipinski definition) is 2. The lowest BCUT2D eigenvalue weighted by Gasteiger charge is -2.21. The number of fused-ring (bicyclic) bond motifs is 1. The van der Waals surface area contributed by atoms with E-state index in [9.17, 15) is 8.78 Å². The third kappa shape index (κ3) is 2.25. The van der Waals surface area contributed by atoms with Gasteiger partial charge in [0.05, 0.1) is 17.8 Å². The van der Waals surface area contributed by atoms with E-state index in [1.807, 2.05) is 4.68 Å². The molecule has 1 aliphatic rings. The number of imidazole rings is 1. The molecule has 8 heteroatoms. The van der Waals surface area contributed by atoms with Gasteiger partial charge in [-0.25, -0.2) is 18.4 Å². The number of aromatic amines is 1. The van der Waals surface area contributed by atoms with Gasteiger partial charge in [-0.2, -0.15) is 0 Å². The van der Waals surface area contributed by atoms with Crippen LogP contribution >= 0.6 is 0 Å². The Morgan fingerprint density at radius 3 is 2.82 bits per heavy atom. The summed E-state index contributed by atoms with van der Waals surface area (Å²) in [5, 5.41) is 11.5. The number of hydrogen-bond acceptors (Lipinski definition) is 4. The molecule has 0 bridgehead atoms. The highest BCUT2D eigenvalue weighted by molar-refractivity contribution is 5.79. The normalized spacial score (nSPS) is 16.5. The summed E-state index contributed by atoms with van der Waals surface area (Å²) in [5.41, 5.74) is 0.936. The molecule has 0 atom stereocenters. The van der Waals surface area contributed by atoms with Crippen molar-refractivity contribution in [2.24, 2.45) is 0 Å². The van der Waals surface area contributed by atoms with Crippen molar-refractivity contribution in [2.75, 3.05) is 13.1 Å². The van der Waals surface area contributed by atoms with Crippen molar-refractivity contribution in [2.45, 2.75) is 18.9 Å². The maximum atomic E-state index is 13.7. The van der Waals surface area contributed by atoms with Crippen molar-refractivity contribution in [3.8, 4) is 11.5 Å². The molecule has 0 unspecified atom stereocenters. The average molecular weight is 304 g/mol. The minimum atomic E-state index is -0.691. The van der Waals surface area contributed by atoms with Crippen molar-refractivity contribution in [3.63, 3.8) is 0 Å². The number of benzene rings is 1. The SMILES string of the molecule is Fc1cc(F)c2nc(-c3cn(C4CCNCC4)nn3)[nH]c2c1. The molecular formula is C14H14F2N6. The van der Waals surface area contributed by atoms with Gasteiger partial charge < -0.3 is 10.3 Å². The lowest BCUT2D eigenvalue weighted by atomic mass is 10.1. The molecule has 1 fully saturated rings. The van der Waals surface area contributed by atoms with Crippen LogP contribution in [0.1, 0.15) is 18.9 Å². The smallest absolute Gasteiger partial charge is 0.160 e. The van der Waals surface area contributed by atoms with Crippen LogP contribution in [0.2, 0.25) is 0 Å². The molecule has 6 nitrogen and oxygen atoms in total. The highest BCUT2D eigenvalue weighted by Crippen LogP contribution is 2.24. The highest BCUT2D eigenvalue weighted by Gasteiger charge is 2.18. The van der Waals surface area contributed by atoms with Gasteiger partial charge in [0.2, 0.25) is 0 Å². The Hall–Kier alpha value is -2.35. The Morgan fingerprint density at radius 1 is 1.18 bits per heavy atom. The van der Waals surface area contributed by atoms with Crippen LogP contribution in [-0.2, 0) is 0 Å². The van der Waals surface area contributed by atoms with Gasteiger partial charge in [-0.05, 0) is 32.0 Å². The van der Waals surface area contributed by atoms with Gasteiger partial charge in [-0.1, -0.05) is 5.21 Å². The number of rotatable bonds is 2. The molecule has 0 aliphatic carbocycles. The van der Waals surface area contributed by atoms with Crippen LogP contribution in [0, 0.1) is 11.6 Å². The molecule has 0 saturated carbocycles. The number of aromatic nitrogens is 5. The summed E-state index contributed by atoms with van der Waals surface area (Å²) in [6.45, 7) is 1.91. The van der Waals surface area contributed by atoms with Crippen LogP contribution < -0.4 is 5.32 Å². The van der Waals surface area contributed by atoms with Gasteiger partial charge in [-0.15, -0.1) is 5.10 Å². The van der Waals surface area contributed by atoms with Crippen LogP contribution in [0.15, 0.2) is 18.3 Å². The van der Waals surface area contributed by atoms with E-state index in [2.05, 4.69) is 25.6 Å². The average Bonchev–Trinajstić information content (AvgIpc) is 3.14. The van der Waals surface area contributed by atoms with Crippen molar-refractivity contribution in [1.29, 1.82) is 0 Å². The fourth-order valence-electron chi connectivity index (χ4n) is 2.80. The summed E-state index contributed by atoms with van der Waals surface area (Å²) in [5.74, 6) is -0.943. The molecule has 0 spiro atoms. The molecule has 0 amide bonds. The van der Waals surface area contributed by atoms with Crippen molar-refractivity contribution < 1.29 is 8.78 Å². The first-order valence-electron chi connectivity index (χ1n) is 7.18. The summed E-state index contributed by atoms with van der Waals surface area (Å²) in [6, 6.07) is 2.34. The van der Waals surface area contributed by atoms with E-state index in [1.54, 1.807) is 6.20 Å². The van der Waals surface area contributed by atoms with Crippen molar-refractivity contribution in [3.05, 3.63) is 30.0 Å². The van der Waals surface area contributed by atoms with E-state index in [0.717, 1.165) is 32.0 Å². The zero-order valence-corrected chi connectivity index (χ0v) is 11.7. The largest absolute Gasteiger partial charge is 0.336 e. The third-order valence-corrected chi connectivity index (χ3v) is 3.94. The zero-order valence-electron chi connectivity index (χ0n) is 11.7. The second-order valence-corrected chi connectivity index (χ2v) is 5.43. The molecule has 0 radical (unpaired) electrons. The van der Waals surface area contributed by atoms with Gasteiger partial charge in [-0.3, -0.25) is 0 Å². The first-order chi connectivity index (χ1) is 10.7. The number of piperidine rings is 1. The van der Waals surface area contributed by atoms with E-state index < -0.39 is 11.6 Å². The molecular weight excluding hydrogens is 290 g/mol. The van der Waals surface area contributed by atoms with Crippen molar-refractivity contribution >= 4 is 11.0 Å². The van der Waals surface area contributed by atoms with Crippen LogP contribution in [0.4, 0.5) is 8.78 Å². The summed E-state index contributed by atoms with van der Waals surface area (Å²) in [6.07, 6.45) is 3.77.